The van der Waals surface area contributed by atoms with Crippen molar-refractivity contribution in [3.8, 4) is 5.75 Å². The number of pyridine rings is 1. The fourth-order valence-electron chi connectivity index (χ4n) is 4.49. The summed E-state index contributed by atoms with van der Waals surface area (Å²) in [6, 6.07) is 0.932. The Morgan fingerprint density at radius 1 is 1.47 bits per heavy atom. The van der Waals surface area contributed by atoms with Gasteiger partial charge in [-0.2, -0.15) is 0 Å². The number of rotatable bonds is 4. The van der Waals surface area contributed by atoms with Gasteiger partial charge in [0, 0.05) is 38.7 Å². The van der Waals surface area contributed by atoms with Crippen molar-refractivity contribution in [3.05, 3.63) is 34.1 Å². The lowest BCUT2D eigenvalue weighted by molar-refractivity contribution is 0.0126. The summed E-state index contributed by atoms with van der Waals surface area (Å²) in [6.45, 7) is 3.37. The molecular weight excluding hydrogens is 424 g/mol. The van der Waals surface area contributed by atoms with E-state index in [9.17, 15) is 14.0 Å². The third-order valence-electron chi connectivity index (χ3n) is 5.90. The van der Waals surface area contributed by atoms with Gasteiger partial charge in [0.05, 0.1) is 17.1 Å². The van der Waals surface area contributed by atoms with E-state index < -0.39 is 34.6 Å². The maximum absolute atomic E-state index is 15.5. The second-order valence-corrected chi connectivity index (χ2v) is 7.38. The summed E-state index contributed by atoms with van der Waals surface area (Å²) >= 11 is 0. The SMILES string of the molecule is CCn1cc(OC(=O)O)c(=O)c2cc(F)c(N3CC4CCOC4(CN)C3)c(F)c21.Cl. The Kier molecular flexibility index (Phi) is 5.94. The van der Waals surface area contributed by atoms with Gasteiger partial charge in [-0.3, -0.25) is 4.79 Å². The van der Waals surface area contributed by atoms with E-state index in [1.807, 2.05) is 0 Å². The molecular formula is C19H22ClF2N3O5. The molecule has 30 heavy (non-hydrogen) atoms. The molecule has 3 heterocycles. The molecule has 4 rings (SSSR count). The van der Waals surface area contributed by atoms with Crippen LogP contribution in [0.4, 0.5) is 19.3 Å². The van der Waals surface area contributed by atoms with Crippen molar-refractivity contribution in [2.24, 2.45) is 11.7 Å². The highest BCUT2D eigenvalue weighted by Gasteiger charge is 2.51. The van der Waals surface area contributed by atoms with Gasteiger partial charge in [0.25, 0.3) is 0 Å². The maximum Gasteiger partial charge on any atom is 0.511 e. The van der Waals surface area contributed by atoms with E-state index in [1.54, 1.807) is 11.8 Å². The highest BCUT2D eigenvalue weighted by Crippen LogP contribution is 2.42. The highest BCUT2D eigenvalue weighted by atomic mass is 35.5. The zero-order chi connectivity index (χ0) is 20.9. The molecule has 0 amide bonds. The minimum atomic E-state index is -1.68. The second-order valence-electron chi connectivity index (χ2n) is 7.38. The van der Waals surface area contributed by atoms with Gasteiger partial charge < -0.3 is 29.8 Å². The van der Waals surface area contributed by atoms with Crippen LogP contribution in [0.15, 0.2) is 17.1 Å². The number of fused-ring (bicyclic) bond motifs is 2. The van der Waals surface area contributed by atoms with Gasteiger partial charge in [-0.25, -0.2) is 13.6 Å². The number of hydrogen-bond donors (Lipinski definition) is 2. The number of anilines is 1. The Morgan fingerprint density at radius 2 is 2.20 bits per heavy atom. The maximum atomic E-state index is 15.5. The first-order valence-electron chi connectivity index (χ1n) is 9.36. The van der Waals surface area contributed by atoms with Crippen molar-refractivity contribution in [2.45, 2.75) is 25.5 Å². The normalized spacial score (nSPS) is 22.8. The van der Waals surface area contributed by atoms with Crippen LogP contribution in [-0.2, 0) is 11.3 Å². The molecule has 0 radical (unpaired) electrons. The lowest BCUT2D eigenvalue weighted by Gasteiger charge is -2.27. The molecule has 3 N–H and O–H groups in total. The Labute approximate surface area is 176 Å². The van der Waals surface area contributed by atoms with Crippen molar-refractivity contribution in [1.82, 2.24) is 4.57 Å². The van der Waals surface area contributed by atoms with Crippen LogP contribution in [-0.4, -0.2) is 47.7 Å². The summed E-state index contributed by atoms with van der Waals surface area (Å²) in [5, 5.41) is 8.52. The Bertz CT molecular complexity index is 1060. The van der Waals surface area contributed by atoms with Crippen LogP contribution in [0.3, 0.4) is 0 Å². The van der Waals surface area contributed by atoms with Crippen LogP contribution in [0.2, 0.25) is 0 Å². The minimum Gasteiger partial charge on any atom is -0.449 e. The predicted molar refractivity (Wildman–Crippen MR) is 108 cm³/mol. The van der Waals surface area contributed by atoms with E-state index in [0.717, 1.165) is 18.7 Å². The largest absolute Gasteiger partial charge is 0.511 e. The van der Waals surface area contributed by atoms with E-state index in [-0.39, 0.29) is 54.5 Å². The van der Waals surface area contributed by atoms with E-state index in [2.05, 4.69) is 4.74 Å². The monoisotopic (exact) mass is 445 g/mol. The van der Waals surface area contributed by atoms with Crippen molar-refractivity contribution >= 4 is 35.2 Å². The van der Waals surface area contributed by atoms with Gasteiger partial charge in [-0.15, -0.1) is 12.4 Å². The summed E-state index contributed by atoms with van der Waals surface area (Å²) in [4.78, 5) is 24.9. The number of halogens is 3. The number of ether oxygens (including phenoxy) is 2. The lowest BCUT2D eigenvalue weighted by atomic mass is 9.91. The Morgan fingerprint density at radius 3 is 2.80 bits per heavy atom. The molecule has 2 atom stereocenters. The standard InChI is InChI=1S/C19H21F2N3O5.ClH/c1-2-23-7-13(29-18(26)27)17(25)11-5-12(20)16(14(21)15(11)23)24-6-10-3-4-28-19(10,8-22)9-24;/h5,7,10H,2-4,6,8-9,22H2,1H3,(H,26,27);1H. The summed E-state index contributed by atoms with van der Waals surface area (Å²) in [5.41, 5.74) is 4.03. The van der Waals surface area contributed by atoms with Gasteiger partial charge in [0.1, 0.15) is 17.1 Å². The molecule has 164 valence electrons. The van der Waals surface area contributed by atoms with Crippen molar-refractivity contribution in [3.63, 3.8) is 0 Å². The van der Waals surface area contributed by atoms with Gasteiger partial charge in [-0.1, -0.05) is 0 Å². The second kappa shape index (κ2) is 8.01. The van der Waals surface area contributed by atoms with E-state index in [4.69, 9.17) is 15.6 Å². The number of carbonyl (C=O) groups is 1. The molecule has 2 fully saturated rings. The first-order chi connectivity index (χ1) is 13.8. The lowest BCUT2D eigenvalue weighted by Crippen LogP contribution is -2.44. The number of benzene rings is 1. The fraction of sp³-hybridized carbons (Fsp3) is 0.474. The molecule has 2 aliphatic rings. The zero-order valence-corrected chi connectivity index (χ0v) is 17.0. The zero-order valence-electron chi connectivity index (χ0n) is 16.2. The molecule has 2 unspecified atom stereocenters. The molecule has 0 bridgehead atoms. The summed E-state index contributed by atoms with van der Waals surface area (Å²) in [7, 11) is 0. The van der Waals surface area contributed by atoms with Crippen molar-refractivity contribution in [2.75, 3.05) is 31.1 Å². The number of aryl methyl sites for hydroxylation is 1. The minimum absolute atomic E-state index is 0. The molecule has 0 spiro atoms. The molecule has 2 saturated heterocycles. The first kappa shape index (κ1) is 22.3. The van der Waals surface area contributed by atoms with Crippen LogP contribution < -0.4 is 20.8 Å². The molecule has 8 nitrogen and oxygen atoms in total. The summed E-state index contributed by atoms with van der Waals surface area (Å²) in [6.07, 6.45) is 0.199. The number of nitrogens with two attached hydrogens (primary N) is 1. The van der Waals surface area contributed by atoms with Gasteiger partial charge >= 0.3 is 6.16 Å². The van der Waals surface area contributed by atoms with E-state index in [0.29, 0.717) is 13.2 Å². The van der Waals surface area contributed by atoms with Crippen LogP contribution >= 0.6 is 12.4 Å². The predicted octanol–water partition coefficient (Wildman–Crippen LogP) is 2.33. The smallest absolute Gasteiger partial charge is 0.449 e. The van der Waals surface area contributed by atoms with Gasteiger partial charge in [0.2, 0.25) is 5.43 Å². The van der Waals surface area contributed by atoms with Crippen LogP contribution in [0, 0.1) is 17.6 Å². The first-order valence-corrected chi connectivity index (χ1v) is 9.36. The number of nitrogens with zero attached hydrogens (tertiary/aromatic N) is 2. The Hall–Kier alpha value is -2.43. The molecule has 1 aromatic heterocycles. The average Bonchev–Trinajstić information content (AvgIpc) is 3.21. The summed E-state index contributed by atoms with van der Waals surface area (Å²) < 4.78 is 42.1. The molecule has 2 aromatic rings. The average molecular weight is 446 g/mol. The van der Waals surface area contributed by atoms with Crippen molar-refractivity contribution < 1.29 is 28.2 Å². The quantitative estimate of drug-likeness (QED) is 0.695. The molecule has 2 aliphatic heterocycles. The molecule has 11 heteroatoms. The van der Waals surface area contributed by atoms with Gasteiger partial charge in [0.15, 0.2) is 11.6 Å². The number of hydrogen-bond acceptors (Lipinski definition) is 6. The summed E-state index contributed by atoms with van der Waals surface area (Å²) in [5.74, 6) is -2.23. The number of aromatic nitrogens is 1. The van der Waals surface area contributed by atoms with Gasteiger partial charge in [-0.05, 0) is 19.4 Å². The number of carboxylic acid groups (broad SMARTS) is 1. The van der Waals surface area contributed by atoms with Crippen LogP contribution in [0.1, 0.15) is 13.3 Å². The van der Waals surface area contributed by atoms with Crippen LogP contribution in [0.5, 0.6) is 5.75 Å². The molecule has 0 saturated carbocycles. The molecule has 1 aromatic carbocycles. The van der Waals surface area contributed by atoms with Crippen molar-refractivity contribution in [1.29, 1.82) is 0 Å². The van der Waals surface area contributed by atoms with E-state index >= 15 is 4.39 Å². The van der Waals surface area contributed by atoms with E-state index in [1.165, 1.54) is 4.57 Å². The molecule has 0 aliphatic carbocycles. The topological polar surface area (TPSA) is 107 Å². The third-order valence-corrected chi connectivity index (χ3v) is 5.90. The van der Waals surface area contributed by atoms with Crippen LogP contribution in [0.25, 0.3) is 10.9 Å². The Balaban J connectivity index is 0.00000256. The third kappa shape index (κ3) is 3.28. The fourth-order valence-corrected chi connectivity index (χ4v) is 4.49. The highest BCUT2D eigenvalue weighted by molar-refractivity contribution is 5.86.